The summed E-state index contributed by atoms with van der Waals surface area (Å²) >= 11 is 5.95. The molecule has 2 rings (SSSR count). The molecule has 0 saturated heterocycles. The standard InChI is InChI=1S/C13H23Cl/c1-12(2,3)10-4-6-13(7-5-10)8-11(13)9-14/h10-11H,4-9H2,1-3H3. The van der Waals surface area contributed by atoms with Gasteiger partial charge in [0.1, 0.15) is 0 Å². The van der Waals surface area contributed by atoms with Gasteiger partial charge in [-0.15, -0.1) is 11.6 Å². The minimum Gasteiger partial charge on any atom is -0.126 e. The summed E-state index contributed by atoms with van der Waals surface area (Å²) in [6.45, 7) is 7.17. The zero-order valence-electron chi connectivity index (χ0n) is 9.78. The van der Waals surface area contributed by atoms with Crippen molar-refractivity contribution in [3.63, 3.8) is 0 Å². The first-order chi connectivity index (χ1) is 6.48. The topological polar surface area (TPSA) is 0 Å². The van der Waals surface area contributed by atoms with E-state index >= 15 is 0 Å². The van der Waals surface area contributed by atoms with Gasteiger partial charge in [0.15, 0.2) is 0 Å². The number of halogens is 1. The molecule has 0 nitrogen and oxygen atoms in total. The zero-order valence-corrected chi connectivity index (χ0v) is 10.5. The van der Waals surface area contributed by atoms with Crippen LogP contribution in [0.4, 0.5) is 0 Å². The van der Waals surface area contributed by atoms with Gasteiger partial charge in [0, 0.05) is 5.88 Å². The monoisotopic (exact) mass is 214 g/mol. The van der Waals surface area contributed by atoms with E-state index < -0.39 is 0 Å². The highest BCUT2D eigenvalue weighted by Crippen LogP contribution is 2.63. The van der Waals surface area contributed by atoms with Crippen LogP contribution in [-0.4, -0.2) is 5.88 Å². The van der Waals surface area contributed by atoms with Gasteiger partial charge in [-0.2, -0.15) is 0 Å². The van der Waals surface area contributed by atoms with E-state index in [2.05, 4.69) is 20.8 Å². The predicted octanol–water partition coefficient (Wildman–Crippen LogP) is 4.47. The Morgan fingerprint density at radius 3 is 2.14 bits per heavy atom. The van der Waals surface area contributed by atoms with Crippen molar-refractivity contribution >= 4 is 11.6 Å². The third-order valence-corrected chi connectivity index (χ3v) is 5.12. The minimum absolute atomic E-state index is 0.521. The SMILES string of the molecule is CC(C)(C)C1CCC2(CC1)CC2CCl. The average molecular weight is 215 g/mol. The second kappa shape index (κ2) is 3.40. The van der Waals surface area contributed by atoms with Gasteiger partial charge in [-0.25, -0.2) is 0 Å². The number of hydrogen-bond donors (Lipinski definition) is 0. The van der Waals surface area contributed by atoms with Gasteiger partial charge in [0.25, 0.3) is 0 Å². The lowest BCUT2D eigenvalue weighted by molar-refractivity contribution is 0.136. The summed E-state index contributed by atoms with van der Waals surface area (Å²) in [4.78, 5) is 0. The molecule has 0 radical (unpaired) electrons. The van der Waals surface area contributed by atoms with Gasteiger partial charge in [-0.05, 0) is 54.8 Å². The van der Waals surface area contributed by atoms with Crippen molar-refractivity contribution in [3.05, 3.63) is 0 Å². The molecule has 0 bridgehead atoms. The summed E-state index contributed by atoms with van der Waals surface area (Å²) in [6.07, 6.45) is 7.21. The van der Waals surface area contributed by atoms with E-state index in [1.807, 2.05) is 0 Å². The summed E-state index contributed by atoms with van der Waals surface area (Å²) in [5, 5.41) is 0. The number of alkyl halides is 1. The van der Waals surface area contributed by atoms with E-state index in [9.17, 15) is 0 Å². The Hall–Kier alpha value is 0.290. The average Bonchev–Trinajstić information content (AvgIpc) is 2.78. The molecule has 2 fully saturated rings. The summed E-state index contributed by atoms with van der Waals surface area (Å²) in [6, 6.07) is 0. The predicted molar refractivity (Wildman–Crippen MR) is 62.7 cm³/mol. The lowest BCUT2D eigenvalue weighted by Crippen LogP contribution is -2.27. The highest BCUT2D eigenvalue weighted by atomic mass is 35.5. The van der Waals surface area contributed by atoms with Gasteiger partial charge in [-0.1, -0.05) is 20.8 Å². The Bertz CT molecular complexity index is 206. The van der Waals surface area contributed by atoms with Gasteiger partial charge < -0.3 is 0 Å². The first-order valence-corrected chi connectivity index (χ1v) is 6.57. The molecule has 14 heavy (non-hydrogen) atoms. The molecule has 0 aromatic carbocycles. The fourth-order valence-electron chi connectivity index (χ4n) is 3.32. The lowest BCUT2D eigenvalue weighted by atomic mass is 9.68. The molecule has 82 valence electrons. The van der Waals surface area contributed by atoms with Crippen molar-refractivity contribution < 1.29 is 0 Å². The van der Waals surface area contributed by atoms with Gasteiger partial charge in [0.05, 0.1) is 0 Å². The summed E-state index contributed by atoms with van der Waals surface area (Å²) in [5.74, 6) is 2.72. The van der Waals surface area contributed by atoms with E-state index in [0.29, 0.717) is 10.8 Å². The molecule has 0 aliphatic heterocycles. The minimum atomic E-state index is 0.521. The molecule has 0 heterocycles. The van der Waals surface area contributed by atoms with Crippen molar-refractivity contribution in [1.29, 1.82) is 0 Å². The van der Waals surface area contributed by atoms with Crippen LogP contribution in [0.3, 0.4) is 0 Å². The Morgan fingerprint density at radius 1 is 1.21 bits per heavy atom. The number of hydrogen-bond acceptors (Lipinski definition) is 0. The Balaban J connectivity index is 1.88. The van der Waals surface area contributed by atoms with E-state index in [-0.39, 0.29) is 0 Å². The van der Waals surface area contributed by atoms with Crippen molar-refractivity contribution in [1.82, 2.24) is 0 Å². The van der Waals surface area contributed by atoms with E-state index in [1.165, 1.54) is 32.1 Å². The van der Waals surface area contributed by atoms with Crippen LogP contribution in [0.1, 0.15) is 52.9 Å². The molecule has 0 aromatic rings. The quantitative estimate of drug-likeness (QED) is 0.565. The van der Waals surface area contributed by atoms with Crippen LogP contribution in [-0.2, 0) is 0 Å². The third-order valence-electron chi connectivity index (χ3n) is 4.75. The summed E-state index contributed by atoms with van der Waals surface area (Å²) in [5.41, 5.74) is 1.23. The summed E-state index contributed by atoms with van der Waals surface area (Å²) < 4.78 is 0. The molecule has 2 saturated carbocycles. The van der Waals surface area contributed by atoms with Gasteiger partial charge >= 0.3 is 0 Å². The smallest absolute Gasteiger partial charge is 0.0257 e. The molecule has 0 amide bonds. The van der Waals surface area contributed by atoms with Crippen LogP contribution in [0.5, 0.6) is 0 Å². The Kier molecular flexibility index (Phi) is 2.62. The molecule has 2 aliphatic carbocycles. The highest BCUT2D eigenvalue weighted by molar-refractivity contribution is 6.18. The Labute approximate surface area is 93.4 Å². The largest absolute Gasteiger partial charge is 0.126 e. The van der Waals surface area contributed by atoms with Crippen LogP contribution >= 0.6 is 11.6 Å². The first kappa shape index (κ1) is 10.8. The van der Waals surface area contributed by atoms with Crippen molar-refractivity contribution in [2.24, 2.45) is 22.7 Å². The van der Waals surface area contributed by atoms with Crippen LogP contribution in [0, 0.1) is 22.7 Å². The summed E-state index contributed by atoms with van der Waals surface area (Å²) in [7, 11) is 0. The highest BCUT2D eigenvalue weighted by Gasteiger charge is 2.54. The van der Waals surface area contributed by atoms with Crippen LogP contribution in [0.2, 0.25) is 0 Å². The molecule has 1 spiro atoms. The molecule has 0 N–H and O–H groups in total. The van der Waals surface area contributed by atoms with E-state index in [1.54, 1.807) is 0 Å². The molecule has 1 atom stereocenters. The number of rotatable bonds is 1. The molecule has 0 aromatic heterocycles. The maximum absolute atomic E-state index is 5.95. The van der Waals surface area contributed by atoms with Gasteiger partial charge in [0.2, 0.25) is 0 Å². The molecule has 1 heteroatoms. The zero-order chi connectivity index (χ0) is 10.4. The molecule has 2 aliphatic rings. The lowest BCUT2D eigenvalue weighted by Gasteiger charge is -2.37. The normalized spacial score (nSPS) is 42.9. The molecular formula is C13H23Cl. The van der Waals surface area contributed by atoms with Crippen LogP contribution in [0.25, 0.3) is 0 Å². The van der Waals surface area contributed by atoms with Gasteiger partial charge in [-0.3, -0.25) is 0 Å². The van der Waals surface area contributed by atoms with Crippen molar-refractivity contribution in [2.45, 2.75) is 52.9 Å². The third kappa shape index (κ3) is 1.83. The van der Waals surface area contributed by atoms with E-state index in [4.69, 9.17) is 11.6 Å². The van der Waals surface area contributed by atoms with Crippen molar-refractivity contribution in [3.8, 4) is 0 Å². The second-order valence-corrected chi connectivity index (χ2v) is 6.87. The second-order valence-electron chi connectivity index (χ2n) is 6.56. The molecular weight excluding hydrogens is 192 g/mol. The van der Waals surface area contributed by atoms with Crippen LogP contribution < -0.4 is 0 Å². The Morgan fingerprint density at radius 2 is 1.79 bits per heavy atom. The van der Waals surface area contributed by atoms with Crippen molar-refractivity contribution in [2.75, 3.05) is 5.88 Å². The maximum Gasteiger partial charge on any atom is 0.0257 e. The first-order valence-electron chi connectivity index (χ1n) is 6.04. The molecule has 1 unspecified atom stereocenters. The van der Waals surface area contributed by atoms with E-state index in [0.717, 1.165) is 17.7 Å². The fourth-order valence-corrected chi connectivity index (χ4v) is 3.76. The van der Waals surface area contributed by atoms with Crippen LogP contribution in [0.15, 0.2) is 0 Å². The fraction of sp³-hybridized carbons (Fsp3) is 1.00. The maximum atomic E-state index is 5.95.